The van der Waals surface area contributed by atoms with E-state index in [0.717, 1.165) is 22.3 Å². The fourth-order valence-corrected chi connectivity index (χ4v) is 3.40. The number of thiol groups is 1. The van der Waals surface area contributed by atoms with Gasteiger partial charge in [0.2, 0.25) is 0 Å². The van der Waals surface area contributed by atoms with Gasteiger partial charge in [-0.15, -0.1) is 0 Å². The first-order chi connectivity index (χ1) is 13.2. The lowest BCUT2D eigenvalue weighted by Crippen LogP contribution is -2.54. The molecule has 1 aliphatic rings. The Hall–Kier alpha value is -1.44. The number of aliphatic hydroxyl groups excluding tert-OH is 1. The van der Waals surface area contributed by atoms with Crippen LogP contribution in [0.5, 0.6) is 11.5 Å². The van der Waals surface area contributed by atoms with Crippen LogP contribution < -0.4 is 10.1 Å². The summed E-state index contributed by atoms with van der Waals surface area (Å²) in [5.41, 5.74) is 1.82. The number of ether oxygens (including phenoxy) is 2. The Labute approximate surface area is 179 Å². The molecule has 7 heteroatoms. The molecule has 0 saturated carbocycles. The fourth-order valence-electron chi connectivity index (χ4n) is 3.34. The lowest BCUT2D eigenvalue weighted by molar-refractivity contribution is -0.138. The largest absolute Gasteiger partial charge is 0.507 e. The molecular weight excluding hydrogens is 390 g/mol. The van der Waals surface area contributed by atoms with Crippen LogP contribution in [0.3, 0.4) is 0 Å². The molecule has 2 unspecified atom stereocenters. The number of aliphatic hydroxyl groups is 1. The van der Waals surface area contributed by atoms with Gasteiger partial charge in [0.15, 0.2) is 5.60 Å². The minimum atomic E-state index is -0.993. The van der Waals surface area contributed by atoms with E-state index >= 15 is 0 Å². The maximum absolute atomic E-state index is 13.0. The van der Waals surface area contributed by atoms with Crippen LogP contribution in [-0.2, 0) is 16.0 Å². The van der Waals surface area contributed by atoms with Crippen molar-refractivity contribution in [2.24, 2.45) is 0 Å². The van der Waals surface area contributed by atoms with Gasteiger partial charge in [0.05, 0.1) is 23.6 Å². The Bertz CT molecular complexity index is 790. The van der Waals surface area contributed by atoms with E-state index in [2.05, 4.69) is 17.9 Å². The molecule has 6 nitrogen and oxygen atoms in total. The molecule has 2 rings (SSSR count). The molecule has 0 aromatic heterocycles. The van der Waals surface area contributed by atoms with Gasteiger partial charge in [-0.1, -0.05) is 0 Å². The standard InChI is InChI=1S/C22H35NO5S/c1-13-14(2)18-16(15(3)17(13)25)8-9-22(7,28-18)19(26)23-10-20(4,5)27-12-21(6,29)11-24/h24-25,29H,8-12H2,1-7H3,(H,23,26). The number of carbonyl (C=O) groups excluding carboxylic acids is 1. The lowest BCUT2D eigenvalue weighted by atomic mass is 9.86. The van der Waals surface area contributed by atoms with Gasteiger partial charge < -0.3 is 25.0 Å². The van der Waals surface area contributed by atoms with Gasteiger partial charge in [-0.25, -0.2) is 0 Å². The monoisotopic (exact) mass is 425 g/mol. The number of carbonyl (C=O) groups is 1. The minimum absolute atomic E-state index is 0.0996. The summed E-state index contributed by atoms with van der Waals surface area (Å²) < 4.78 is 11.4. The number of phenolic OH excluding ortho intramolecular Hbond substituents is 1. The molecule has 1 aliphatic heterocycles. The van der Waals surface area contributed by atoms with Crippen LogP contribution in [-0.4, -0.2) is 51.8 Å². The molecule has 164 valence electrons. The third-order valence-corrected chi connectivity index (χ3v) is 6.06. The second kappa shape index (κ2) is 8.36. The number of phenols is 1. The van der Waals surface area contributed by atoms with Crippen molar-refractivity contribution < 1.29 is 24.5 Å². The van der Waals surface area contributed by atoms with Crippen LogP contribution in [0.15, 0.2) is 0 Å². The summed E-state index contributed by atoms with van der Waals surface area (Å²) in [6.07, 6.45) is 1.18. The molecule has 0 fully saturated rings. The van der Waals surface area contributed by atoms with Gasteiger partial charge in [0, 0.05) is 18.5 Å². The summed E-state index contributed by atoms with van der Waals surface area (Å²) >= 11 is 4.36. The molecule has 2 atom stereocenters. The van der Waals surface area contributed by atoms with Gasteiger partial charge in [0.25, 0.3) is 5.91 Å². The van der Waals surface area contributed by atoms with Crippen molar-refractivity contribution in [3.63, 3.8) is 0 Å². The van der Waals surface area contributed by atoms with Crippen molar-refractivity contribution in [2.45, 2.75) is 77.3 Å². The number of hydrogen-bond acceptors (Lipinski definition) is 6. The highest BCUT2D eigenvalue weighted by Crippen LogP contribution is 2.43. The summed E-state index contributed by atoms with van der Waals surface area (Å²) in [6, 6.07) is 0. The summed E-state index contributed by atoms with van der Waals surface area (Å²) in [7, 11) is 0. The van der Waals surface area contributed by atoms with E-state index in [1.165, 1.54) is 0 Å². The first-order valence-corrected chi connectivity index (χ1v) is 10.4. The number of amides is 1. The molecular formula is C22H35NO5S. The summed E-state index contributed by atoms with van der Waals surface area (Å²) in [4.78, 5) is 13.0. The average Bonchev–Trinajstić information content (AvgIpc) is 2.67. The highest BCUT2D eigenvalue weighted by atomic mass is 32.1. The number of benzene rings is 1. The van der Waals surface area contributed by atoms with Crippen LogP contribution in [0, 0.1) is 20.8 Å². The normalized spacial score (nSPS) is 21.1. The molecule has 3 N–H and O–H groups in total. The summed E-state index contributed by atoms with van der Waals surface area (Å²) in [6.45, 7) is 13.5. The fraction of sp³-hybridized carbons (Fsp3) is 0.682. The highest BCUT2D eigenvalue weighted by Gasteiger charge is 2.41. The second-order valence-corrected chi connectivity index (χ2v) is 10.3. The van der Waals surface area contributed by atoms with Gasteiger partial charge in [-0.2, -0.15) is 12.6 Å². The molecule has 1 heterocycles. The first kappa shape index (κ1) is 23.8. The zero-order valence-corrected chi connectivity index (χ0v) is 19.5. The van der Waals surface area contributed by atoms with E-state index in [4.69, 9.17) is 9.47 Å². The average molecular weight is 426 g/mol. The third kappa shape index (κ3) is 5.19. The smallest absolute Gasteiger partial charge is 0.264 e. The Morgan fingerprint density at radius 1 is 1.24 bits per heavy atom. The number of hydrogen-bond donors (Lipinski definition) is 4. The van der Waals surface area contributed by atoms with Gasteiger partial charge in [-0.3, -0.25) is 4.79 Å². The van der Waals surface area contributed by atoms with E-state index in [1.54, 1.807) is 13.8 Å². The van der Waals surface area contributed by atoms with Gasteiger partial charge in [0.1, 0.15) is 11.5 Å². The molecule has 0 bridgehead atoms. The van der Waals surface area contributed by atoms with Gasteiger partial charge in [-0.05, 0) is 71.6 Å². The summed E-state index contributed by atoms with van der Waals surface area (Å²) in [5.74, 6) is 0.806. The number of rotatable bonds is 7. The highest BCUT2D eigenvalue weighted by molar-refractivity contribution is 7.81. The van der Waals surface area contributed by atoms with E-state index in [0.29, 0.717) is 30.9 Å². The molecule has 0 saturated heterocycles. The number of fused-ring (bicyclic) bond motifs is 1. The molecule has 1 amide bonds. The van der Waals surface area contributed by atoms with Crippen molar-refractivity contribution in [3.8, 4) is 11.5 Å². The van der Waals surface area contributed by atoms with Crippen LogP contribution >= 0.6 is 12.6 Å². The Balaban J connectivity index is 2.09. The van der Waals surface area contributed by atoms with Gasteiger partial charge >= 0.3 is 0 Å². The number of aromatic hydroxyl groups is 1. The maximum atomic E-state index is 13.0. The van der Waals surface area contributed by atoms with Crippen molar-refractivity contribution in [2.75, 3.05) is 19.8 Å². The second-order valence-electron chi connectivity index (χ2n) is 9.25. The van der Waals surface area contributed by atoms with E-state index in [1.807, 2.05) is 34.6 Å². The van der Waals surface area contributed by atoms with Crippen LogP contribution in [0.1, 0.15) is 56.4 Å². The quantitative estimate of drug-likeness (QED) is 0.505. The third-order valence-electron chi connectivity index (χ3n) is 5.79. The van der Waals surface area contributed by atoms with Crippen molar-refractivity contribution in [1.82, 2.24) is 5.32 Å². The van der Waals surface area contributed by atoms with E-state index in [9.17, 15) is 15.0 Å². The summed E-state index contributed by atoms with van der Waals surface area (Å²) in [5, 5.41) is 22.6. The van der Waals surface area contributed by atoms with Crippen molar-refractivity contribution in [1.29, 1.82) is 0 Å². The SMILES string of the molecule is Cc1c(C)c2c(c(C)c1O)CCC(C)(C(=O)NCC(C)(C)OCC(C)(S)CO)O2. The number of nitrogens with one attached hydrogen (secondary N) is 1. The Morgan fingerprint density at radius 2 is 1.86 bits per heavy atom. The minimum Gasteiger partial charge on any atom is -0.507 e. The predicted molar refractivity (Wildman–Crippen MR) is 117 cm³/mol. The molecule has 29 heavy (non-hydrogen) atoms. The van der Waals surface area contributed by atoms with Crippen LogP contribution in [0.4, 0.5) is 0 Å². The van der Waals surface area contributed by atoms with E-state index < -0.39 is 15.9 Å². The molecule has 0 aliphatic carbocycles. The molecule has 1 aromatic rings. The zero-order chi connectivity index (χ0) is 22.2. The van der Waals surface area contributed by atoms with Crippen molar-refractivity contribution >= 4 is 18.5 Å². The molecule has 0 radical (unpaired) electrons. The molecule has 1 aromatic carbocycles. The van der Waals surface area contributed by atoms with Crippen LogP contribution in [0.2, 0.25) is 0 Å². The lowest BCUT2D eigenvalue weighted by Gasteiger charge is -2.37. The molecule has 0 spiro atoms. The maximum Gasteiger partial charge on any atom is 0.264 e. The van der Waals surface area contributed by atoms with Crippen molar-refractivity contribution in [3.05, 3.63) is 22.3 Å². The first-order valence-electron chi connectivity index (χ1n) is 9.99. The van der Waals surface area contributed by atoms with E-state index in [-0.39, 0.29) is 19.1 Å². The topological polar surface area (TPSA) is 88.0 Å². The zero-order valence-electron chi connectivity index (χ0n) is 18.6. The predicted octanol–water partition coefficient (Wildman–Crippen LogP) is 2.99. The Morgan fingerprint density at radius 3 is 2.45 bits per heavy atom. The van der Waals surface area contributed by atoms with Crippen LogP contribution in [0.25, 0.3) is 0 Å². The Kier molecular flexibility index (Phi) is 6.87.